The average molecular weight is 365 g/mol. The van der Waals surface area contributed by atoms with Crippen LogP contribution in [0.4, 0.5) is 10.9 Å². The van der Waals surface area contributed by atoms with Crippen molar-refractivity contribution in [2.45, 2.75) is 25.8 Å². The van der Waals surface area contributed by atoms with Crippen LogP contribution >= 0.6 is 11.3 Å². The van der Waals surface area contributed by atoms with Crippen LogP contribution in [0.3, 0.4) is 0 Å². The van der Waals surface area contributed by atoms with Crippen molar-refractivity contribution >= 4 is 27.9 Å². The maximum absolute atomic E-state index is 5.82. The molecule has 0 saturated heterocycles. The minimum atomic E-state index is -0.180. The van der Waals surface area contributed by atoms with Crippen molar-refractivity contribution in [1.29, 1.82) is 0 Å². The number of nitrogens with two attached hydrogens (primary N) is 1. The van der Waals surface area contributed by atoms with E-state index in [-0.39, 0.29) is 6.04 Å². The van der Waals surface area contributed by atoms with E-state index >= 15 is 0 Å². The largest absolute Gasteiger partial charge is 0.374 e. The maximum Gasteiger partial charge on any atom is 0.203 e. The summed E-state index contributed by atoms with van der Waals surface area (Å²) in [5.41, 5.74) is 8.70. The molecule has 0 unspecified atom stereocenters. The Kier molecular flexibility index (Phi) is 4.26. The molecule has 0 aliphatic carbocycles. The topological polar surface area (TPSA) is 94.0 Å². The van der Waals surface area contributed by atoms with Gasteiger partial charge in [0.2, 0.25) is 5.13 Å². The highest BCUT2D eigenvalue weighted by molar-refractivity contribution is 7.15. The van der Waals surface area contributed by atoms with E-state index in [1.807, 2.05) is 30.3 Å². The van der Waals surface area contributed by atoms with Gasteiger partial charge in [-0.15, -0.1) is 10.2 Å². The number of fused-ring (bicyclic) bond motifs is 1. The van der Waals surface area contributed by atoms with Gasteiger partial charge < -0.3 is 11.1 Å². The highest BCUT2D eigenvalue weighted by Gasteiger charge is 2.20. The summed E-state index contributed by atoms with van der Waals surface area (Å²) in [5.74, 6) is 1.16. The zero-order chi connectivity index (χ0) is 18.1. The van der Waals surface area contributed by atoms with Gasteiger partial charge in [0.15, 0.2) is 5.65 Å². The van der Waals surface area contributed by atoms with Crippen LogP contribution in [-0.2, 0) is 0 Å². The third-order valence-corrected chi connectivity index (χ3v) is 4.92. The molecule has 1 aromatic carbocycles. The molecule has 0 radical (unpaired) electrons. The molecule has 4 rings (SSSR count). The van der Waals surface area contributed by atoms with Crippen LogP contribution < -0.4 is 11.1 Å². The molecule has 4 aromatic rings. The lowest BCUT2D eigenvalue weighted by atomic mass is 10.1. The van der Waals surface area contributed by atoms with Crippen molar-refractivity contribution in [3.05, 3.63) is 64.9 Å². The second-order valence-corrected chi connectivity index (χ2v) is 7.33. The number of nitrogen functional groups attached to an aromatic ring is 1. The molecular weight excluding hydrogens is 346 g/mol. The quantitative estimate of drug-likeness (QED) is 0.562. The Morgan fingerprint density at radius 1 is 1.12 bits per heavy atom. The van der Waals surface area contributed by atoms with Gasteiger partial charge in [0.1, 0.15) is 16.9 Å². The fourth-order valence-corrected chi connectivity index (χ4v) is 3.47. The van der Waals surface area contributed by atoms with Crippen molar-refractivity contribution in [2.24, 2.45) is 0 Å². The second-order valence-electron chi connectivity index (χ2n) is 6.29. The van der Waals surface area contributed by atoms with E-state index in [0.717, 1.165) is 27.7 Å². The first kappa shape index (κ1) is 16.5. The molecule has 7 nitrogen and oxygen atoms in total. The van der Waals surface area contributed by atoms with Crippen LogP contribution in [0.15, 0.2) is 48.7 Å². The molecule has 0 bridgehead atoms. The smallest absolute Gasteiger partial charge is 0.203 e. The Morgan fingerprint density at radius 2 is 1.92 bits per heavy atom. The third kappa shape index (κ3) is 3.11. The van der Waals surface area contributed by atoms with Crippen LogP contribution in [0.25, 0.3) is 5.65 Å². The van der Waals surface area contributed by atoms with Gasteiger partial charge in [0.25, 0.3) is 0 Å². The van der Waals surface area contributed by atoms with Crippen LogP contribution in [0, 0.1) is 0 Å². The molecule has 3 heterocycles. The average Bonchev–Trinajstić information content (AvgIpc) is 3.28. The lowest BCUT2D eigenvalue weighted by molar-refractivity contribution is 0.798. The van der Waals surface area contributed by atoms with E-state index in [2.05, 4.69) is 51.6 Å². The van der Waals surface area contributed by atoms with E-state index < -0.39 is 0 Å². The summed E-state index contributed by atoms with van der Waals surface area (Å²) in [6.07, 6.45) is 1.75. The molecule has 3 N–H and O–H groups in total. The van der Waals surface area contributed by atoms with Gasteiger partial charge >= 0.3 is 0 Å². The normalized spacial score (nSPS) is 12.6. The van der Waals surface area contributed by atoms with Gasteiger partial charge in [-0.3, -0.25) is 0 Å². The molecule has 0 fully saturated rings. The fourth-order valence-electron chi connectivity index (χ4n) is 2.78. The maximum atomic E-state index is 5.82. The molecule has 132 valence electrons. The predicted octanol–water partition coefficient (Wildman–Crippen LogP) is 3.49. The summed E-state index contributed by atoms with van der Waals surface area (Å²) >= 11 is 1.38. The van der Waals surface area contributed by atoms with Gasteiger partial charge in [0.05, 0.1) is 6.20 Å². The summed E-state index contributed by atoms with van der Waals surface area (Å²) in [7, 11) is 0. The van der Waals surface area contributed by atoms with Gasteiger partial charge in [-0.1, -0.05) is 55.5 Å². The molecule has 0 saturated carbocycles. The number of hydrogen-bond acceptors (Lipinski definition) is 7. The number of aromatic nitrogens is 5. The van der Waals surface area contributed by atoms with Gasteiger partial charge in [-0.25, -0.2) is 4.98 Å². The highest BCUT2D eigenvalue weighted by Crippen LogP contribution is 2.30. The summed E-state index contributed by atoms with van der Waals surface area (Å²) in [5, 5.41) is 17.4. The Bertz CT molecular complexity index is 1020. The molecule has 0 aliphatic heterocycles. The molecule has 1 atom stereocenters. The fraction of sp³-hybridized carbons (Fsp3) is 0.222. The summed E-state index contributed by atoms with van der Waals surface area (Å²) in [4.78, 5) is 4.67. The van der Waals surface area contributed by atoms with Gasteiger partial charge in [-0.05, 0) is 11.5 Å². The first-order valence-corrected chi connectivity index (χ1v) is 9.18. The number of benzene rings is 1. The highest BCUT2D eigenvalue weighted by atomic mass is 32.1. The van der Waals surface area contributed by atoms with Gasteiger partial charge in [0, 0.05) is 17.8 Å². The Labute approximate surface area is 154 Å². The van der Waals surface area contributed by atoms with Crippen LogP contribution in [0.5, 0.6) is 0 Å². The number of hydrogen-bond donors (Lipinski definition) is 2. The zero-order valence-electron chi connectivity index (χ0n) is 14.5. The molecule has 0 aliphatic rings. The zero-order valence-corrected chi connectivity index (χ0v) is 15.3. The summed E-state index contributed by atoms with van der Waals surface area (Å²) in [6.45, 7) is 4.25. The molecule has 26 heavy (non-hydrogen) atoms. The predicted molar refractivity (Wildman–Crippen MR) is 103 cm³/mol. The van der Waals surface area contributed by atoms with E-state index in [9.17, 15) is 0 Å². The number of rotatable bonds is 5. The molecule has 8 heteroatoms. The third-order valence-electron chi connectivity index (χ3n) is 4.10. The number of nitrogens with zero attached hydrogens (tertiary/aromatic N) is 5. The Morgan fingerprint density at radius 3 is 2.62 bits per heavy atom. The number of nitrogens with one attached hydrogen (secondary N) is 1. The van der Waals surface area contributed by atoms with E-state index in [4.69, 9.17) is 5.73 Å². The summed E-state index contributed by atoms with van der Waals surface area (Å²) in [6, 6.07) is 13.9. The second kappa shape index (κ2) is 6.72. The minimum absolute atomic E-state index is 0.180. The Balaban J connectivity index is 1.81. The number of anilines is 2. The molecule has 0 spiro atoms. The first-order valence-electron chi connectivity index (χ1n) is 8.37. The van der Waals surface area contributed by atoms with Crippen LogP contribution in [0.2, 0.25) is 0 Å². The lowest BCUT2D eigenvalue weighted by Crippen LogP contribution is -2.16. The van der Waals surface area contributed by atoms with Crippen molar-refractivity contribution in [3.63, 3.8) is 0 Å². The lowest BCUT2D eigenvalue weighted by Gasteiger charge is -2.19. The van der Waals surface area contributed by atoms with Crippen molar-refractivity contribution < 1.29 is 0 Å². The van der Waals surface area contributed by atoms with E-state index in [1.54, 1.807) is 10.7 Å². The van der Waals surface area contributed by atoms with Crippen LogP contribution in [-0.4, -0.2) is 24.8 Å². The molecular formula is C18H19N7S. The van der Waals surface area contributed by atoms with E-state index in [0.29, 0.717) is 11.0 Å². The van der Waals surface area contributed by atoms with E-state index in [1.165, 1.54) is 11.3 Å². The standard InChI is InChI=1S/C18H19N7S/c1-11(2)13-10-15(25-14(21-13)8-9-20-25)22-16(12-6-4-3-5-7-12)17-23-24-18(19)26-17/h3-11,16,22H,1-2H3,(H2,19,24)/t16-/m1/s1. The van der Waals surface area contributed by atoms with Crippen molar-refractivity contribution in [2.75, 3.05) is 11.1 Å². The molecule has 0 amide bonds. The van der Waals surface area contributed by atoms with Gasteiger partial charge in [-0.2, -0.15) is 9.61 Å². The first-order chi connectivity index (χ1) is 12.6. The molecule has 3 aromatic heterocycles. The van der Waals surface area contributed by atoms with Crippen LogP contribution in [0.1, 0.15) is 42.1 Å². The SMILES string of the molecule is CC(C)c1cc(N[C@H](c2ccccc2)c2nnc(N)s2)n2nccc2n1. The minimum Gasteiger partial charge on any atom is -0.374 e. The van der Waals surface area contributed by atoms with Crippen molar-refractivity contribution in [3.8, 4) is 0 Å². The summed E-state index contributed by atoms with van der Waals surface area (Å²) < 4.78 is 1.80. The Hall–Kier alpha value is -3.00. The van der Waals surface area contributed by atoms with Crippen molar-refractivity contribution in [1.82, 2.24) is 24.8 Å². The monoisotopic (exact) mass is 365 g/mol.